The molecule has 9 nitrogen and oxygen atoms in total. The molecule has 0 amide bonds. The van der Waals surface area contributed by atoms with Gasteiger partial charge in [-0.2, -0.15) is 9.97 Å². The molecule has 1 N–H and O–H groups in total. The van der Waals surface area contributed by atoms with Crippen LogP contribution in [0.5, 0.6) is 17.8 Å². The molecule has 2 aromatic rings. The summed E-state index contributed by atoms with van der Waals surface area (Å²) < 4.78 is 41.8. The van der Waals surface area contributed by atoms with Crippen LogP contribution in [-0.4, -0.2) is 44.7 Å². The monoisotopic (exact) mass is 374 g/mol. The van der Waals surface area contributed by atoms with E-state index in [2.05, 4.69) is 19.7 Å². The van der Waals surface area contributed by atoms with Crippen molar-refractivity contribution in [3.05, 3.63) is 29.0 Å². The van der Waals surface area contributed by atoms with Gasteiger partial charge in [-0.25, -0.2) is 13.1 Å². The third kappa shape index (κ3) is 4.22. The molecule has 0 unspecified atom stereocenters. The van der Waals surface area contributed by atoms with Crippen molar-refractivity contribution >= 4 is 21.6 Å². The number of rotatable bonds is 7. The number of nitrogens with zero attached hydrogens (tertiary/aromatic N) is 3. The van der Waals surface area contributed by atoms with Gasteiger partial charge in [0.15, 0.2) is 5.82 Å². The Morgan fingerprint density at radius 2 is 1.67 bits per heavy atom. The molecule has 0 aliphatic rings. The number of sulfonamides is 1. The second-order valence-electron chi connectivity index (χ2n) is 4.35. The second kappa shape index (κ2) is 7.60. The maximum Gasteiger partial charge on any atom is 0.322 e. The Labute approximate surface area is 144 Å². The van der Waals surface area contributed by atoms with Gasteiger partial charge in [-0.15, -0.1) is 4.98 Å². The highest BCUT2D eigenvalue weighted by Crippen LogP contribution is 2.26. The SMILES string of the molecule is COc1nc(CNS(=O)(=O)c2ccc(OC)c(Cl)c2)nc(OC)n1. The quantitative estimate of drug-likeness (QED) is 0.764. The van der Waals surface area contributed by atoms with Crippen molar-refractivity contribution in [1.29, 1.82) is 0 Å². The molecular weight excluding hydrogens is 360 g/mol. The Balaban J connectivity index is 2.20. The summed E-state index contributed by atoms with van der Waals surface area (Å²) in [5, 5.41) is 0.184. The van der Waals surface area contributed by atoms with E-state index in [1.165, 1.54) is 39.5 Å². The van der Waals surface area contributed by atoms with Crippen LogP contribution in [0, 0.1) is 0 Å². The van der Waals surface area contributed by atoms with Crippen molar-refractivity contribution in [2.24, 2.45) is 0 Å². The van der Waals surface area contributed by atoms with E-state index >= 15 is 0 Å². The van der Waals surface area contributed by atoms with Crippen molar-refractivity contribution in [1.82, 2.24) is 19.7 Å². The van der Waals surface area contributed by atoms with E-state index in [4.69, 9.17) is 25.8 Å². The average molecular weight is 375 g/mol. The third-order valence-corrected chi connectivity index (χ3v) is 4.55. The second-order valence-corrected chi connectivity index (χ2v) is 6.52. The summed E-state index contributed by atoms with van der Waals surface area (Å²) in [6.07, 6.45) is 0. The van der Waals surface area contributed by atoms with Crippen LogP contribution in [0.25, 0.3) is 0 Å². The Morgan fingerprint density at radius 1 is 1.04 bits per heavy atom. The van der Waals surface area contributed by atoms with Gasteiger partial charge in [0, 0.05) is 0 Å². The van der Waals surface area contributed by atoms with Gasteiger partial charge in [-0.1, -0.05) is 11.6 Å². The first-order valence-electron chi connectivity index (χ1n) is 6.55. The first kappa shape index (κ1) is 18.2. The van der Waals surface area contributed by atoms with E-state index in [9.17, 15) is 8.42 Å². The van der Waals surface area contributed by atoms with Crippen molar-refractivity contribution in [3.63, 3.8) is 0 Å². The molecule has 0 fully saturated rings. The molecule has 0 saturated heterocycles. The number of methoxy groups -OCH3 is 3. The van der Waals surface area contributed by atoms with Crippen LogP contribution in [0.4, 0.5) is 0 Å². The predicted molar refractivity (Wildman–Crippen MR) is 85.0 cm³/mol. The van der Waals surface area contributed by atoms with E-state index < -0.39 is 10.0 Å². The Kier molecular flexibility index (Phi) is 5.75. The third-order valence-electron chi connectivity index (χ3n) is 2.86. The highest BCUT2D eigenvalue weighted by molar-refractivity contribution is 7.89. The fourth-order valence-corrected chi connectivity index (χ4v) is 3.02. The first-order chi connectivity index (χ1) is 11.4. The molecule has 0 aliphatic heterocycles. The zero-order valence-electron chi connectivity index (χ0n) is 13.1. The molecule has 1 aromatic heterocycles. The average Bonchev–Trinajstić information content (AvgIpc) is 2.59. The van der Waals surface area contributed by atoms with Gasteiger partial charge in [0.25, 0.3) is 0 Å². The van der Waals surface area contributed by atoms with Gasteiger partial charge in [0.05, 0.1) is 37.8 Å². The molecule has 130 valence electrons. The molecule has 0 bridgehead atoms. The number of aromatic nitrogens is 3. The number of halogens is 1. The van der Waals surface area contributed by atoms with E-state index in [0.717, 1.165) is 0 Å². The topological polar surface area (TPSA) is 113 Å². The van der Waals surface area contributed by atoms with Crippen molar-refractivity contribution in [2.45, 2.75) is 11.4 Å². The summed E-state index contributed by atoms with van der Waals surface area (Å²) in [5.41, 5.74) is 0. The van der Waals surface area contributed by atoms with Gasteiger partial charge in [-0.05, 0) is 18.2 Å². The summed E-state index contributed by atoms with van der Waals surface area (Å²) in [5.74, 6) is 0.518. The number of hydrogen-bond donors (Lipinski definition) is 1. The van der Waals surface area contributed by atoms with E-state index in [1.807, 2.05) is 0 Å². The molecule has 0 saturated carbocycles. The van der Waals surface area contributed by atoms with Crippen molar-refractivity contribution in [3.8, 4) is 17.8 Å². The fourth-order valence-electron chi connectivity index (χ4n) is 1.70. The van der Waals surface area contributed by atoms with Gasteiger partial charge < -0.3 is 14.2 Å². The molecule has 0 atom stereocenters. The van der Waals surface area contributed by atoms with Gasteiger partial charge in [0.1, 0.15) is 5.75 Å². The Hall–Kier alpha value is -2.17. The van der Waals surface area contributed by atoms with Crippen LogP contribution in [0.15, 0.2) is 23.1 Å². The van der Waals surface area contributed by atoms with Gasteiger partial charge in [0.2, 0.25) is 10.0 Å². The molecule has 0 aliphatic carbocycles. The van der Waals surface area contributed by atoms with Crippen LogP contribution in [0.2, 0.25) is 5.02 Å². The highest BCUT2D eigenvalue weighted by Gasteiger charge is 2.17. The highest BCUT2D eigenvalue weighted by atomic mass is 35.5. The summed E-state index contributed by atoms with van der Waals surface area (Å²) in [6.45, 7) is -0.179. The van der Waals surface area contributed by atoms with Crippen LogP contribution in [-0.2, 0) is 16.6 Å². The first-order valence-corrected chi connectivity index (χ1v) is 8.42. The predicted octanol–water partition coefficient (Wildman–Crippen LogP) is 1.03. The lowest BCUT2D eigenvalue weighted by atomic mass is 10.3. The van der Waals surface area contributed by atoms with E-state index in [1.54, 1.807) is 0 Å². The molecular formula is C13H15ClN4O5S. The normalized spacial score (nSPS) is 11.2. The summed E-state index contributed by atoms with van der Waals surface area (Å²) in [7, 11) is 0.377. The summed E-state index contributed by atoms with van der Waals surface area (Å²) in [6, 6.07) is 4.16. The number of hydrogen-bond acceptors (Lipinski definition) is 8. The van der Waals surface area contributed by atoms with Gasteiger partial charge in [-0.3, -0.25) is 0 Å². The van der Waals surface area contributed by atoms with Gasteiger partial charge >= 0.3 is 12.0 Å². The molecule has 0 spiro atoms. The zero-order chi connectivity index (χ0) is 17.7. The van der Waals surface area contributed by atoms with Crippen LogP contribution in [0.1, 0.15) is 5.82 Å². The smallest absolute Gasteiger partial charge is 0.322 e. The summed E-state index contributed by atoms with van der Waals surface area (Å²) >= 11 is 5.95. The lowest BCUT2D eigenvalue weighted by Gasteiger charge is -2.09. The molecule has 24 heavy (non-hydrogen) atoms. The molecule has 2 rings (SSSR count). The number of benzene rings is 1. The summed E-state index contributed by atoms with van der Waals surface area (Å²) in [4.78, 5) is 11.7. The van der Waals surface area contributed by atoms with Crippen molar-refractivity contribution in [2.75, 3.05) is 21.3 Å². The minimum atomic E-state index is -3.82. The zero-order valence-corrected chi connectivity index (χ0v) is 14.7. The standard InChI is InChI=1S/C13H15ClN4O5S/c1-21-10-5-4-8(6-9(10)14)24(19,20)15-7-11-16-12(22-2)18-13(17-11)23-3/h4-6,15H,7H2,1-3H3. The minimum Gasteiger partial charge on any atom is -0.495 e. The lowest BCUT2D eigenvalue weighted by molar-refractivity contribution is 0.336. The largest absolute Gasteiger partial charge is 0.495 e. The molecule has 0 radical (unpaired) electrons. The Morgan fingerprint density at radius 3 is 2.17 bits per heavy atom. The molecule has 1 heterocycles. The lowest BCUT2D eigenvalue weighted by Crippen LogP contribution is -2.24. The van der Waals surface area contributed by atoms with Crippen LogP contribution < -0.4 is 18.9 Å². The maximum atomic E-state index is 12.3. The number of nitrogens with one attached hydrogen (secondary N) is 1. The van der Waals surface area contributed by atoms with E-state index in [0.29, 0.717) is 5.75 Å². The van der Waals surface area contributed by atoms with E-state index in [-0.39, 0.29) is 34.3 Å². The molecule has 1 aromatic carbocycles. The van der Waals surface area contributed by atoms with Crippen LogP contribution in [0.3, 0.4) is 0 Å². The Bertz CT molecular complexity index is 809. The minimum absolute atomic E-state index is 0.0127. The fraction of sp³-hybridized carbons (Fsp3) is 0.308. The van der Waals surface area contributed by atoms with Crippen LogP contribution >= 0.6 is 11.6 Å². The maximum absolute atomic E-state index is 12.3. The number of ether oxygens (including phenoxy) is 3. The van der Waals surface area contributed by atoms with Crippen molar-refractivity contribution < 1.29 is 22.6 Å². The molecule has 11 heteroatoms.